The molecule has 5 heteroatoms. The van der Waals surface area contributed by atoms with Gasteiger partial charge in [0.15, 0.2) is 5.76 Å². The van der Waals surface area contributed by atoms with Crippen molar-refractivity contribution >= 4 is 38.5 Å². The van der Waals surface area contributed by atoms with Crippen molar-refractivity contribution < 1.29 is 13.6 Å². The maximum Gasteiger partial charge on any atom is 0.291 e. The Morgan fingerprint density at radius 3 is 2.80 bits per heavy atom. The highest BCUT2D eigenvalue weighted by atomic mass is 79.9. The number of amides is 1. The van der Waals surface area contributed by atoms with Crippen LogP contribution in [-0.4, -0.2) is 5.91 Å². The van der Waals surface area contributed by atoms with E-state index in [1.165, 1.54) is 18.2 Å². The van der Waals surface area contributed by atoms with Gasteiger partial charge in [0.1, 0.15) is 11.4 Å². The molecule has 2 aromatic carbocycles. The fraction of sp³-hybridized carbons (Fsp3) is 0. The first-order valence-electron chi connectivity index (χ1n) is 5.88. The van der Waals surface area contributed by atoms with E-state index >= 15 is 0 Å². The molecule has 20 heavy (non-hydrogen) atoms. The van der Waals surface area contributed by atoms with Gasteiger partial charge in [-0.25, -0.2) is 4.39 Å². The van der Waals surface area contributed by atoms with Crippen molar-refractivity contribution in [3.05, 3.63) is 64.6 Å². The third-order valence-corrected chi connectivity index (χ3v) is 3.28. The fourth-order valence-electron chi connectivity index (χ4n) is 1.88. The van der Waals surface area contributed by atoms with Gasteiger partial charge in [0.05, 0.1) is 0 Å². The third-order valence-electron chi connectivity index (χ3n) is 2.79. The van der Waals surface area contributed by atoms with Gasteiger partial charge in [0, 0.05) is 15.5 Å². The molecule has 0 unspecified atom stereocenters. The van der Waals surface area contributed by atoms with E-state index in [-0.39, 0.29) is 5.76 Å². The second-order valence-electron chi connectivity index (χ2n) is 4.26. The zero-order valence-corrected chi connectivity index (χ0v) is 11.8. The molecule has 0 bridgehead atoms. The van der Waals surface area contributed by atoms with Crippen LogP contribution in [0.4, 0.5) is 10.1 Å². The molecule has 0 fully saturated rings. The van der Waals surface area contributed by atoms with Crippen LogP contribution >= 0.6 is 15.9 Å². The quantitative estimate of drug-likeness (QED) is 0.745. The van der Waals surface area contributed by atoms with Crippen molar-refractivity contribution in [2.75, 3.05) is 5.32 Å². The molecule has 0 spiro atoms. The number of halogens is 2. The first kappa shape index (κ1) is 12.9. The first-order chi connectivity index (χ1) is 9.61. The Balaban J connectivity index is 1.88. The van der Waals surface area contributed by atoms with E-state index in [0.29, 0.717) is 11.3 Å². The standard InChI is InChI=1S/C15H9BrFNO2/c16-10-5-4-9-6-14(20-13(9)7-10)15(19)18-12-3-1-2-11(17)8-12/h1-8H,(H,18,19). The maximum atomic E-state index is 13.1. The molecule has 1 aromatic heterocycles. The summed E-state index contributed by atoms with van der Waals surface area (Å²) in [6.45, 7) is 0. The SMILES string of the molecule is O=C(Nc1cccc(F)c1)c1cc2ccc(Br)cc2o1. The number of anilines is 1. The van der Waals surface area contributed by atoms with Crippen LogP contribution in [0.2, 0.25) is 0 Å². The molecule has 100 valence electrons. The zero-order chi connectivity index (χ0) is 14.1. The highest BCUT2D eigenvalue weighted by Gasteiger charge is 2.12. The van der Waals surface area contributed by atoms with Crippen LogP contribution in [0.3, 0.4) is 0 Å². The van der Waals surface area contributed by atoms with Crippen LogP contribution < -0.4 is 5.32 Å². The van der Waals surface area contributed by atoms with E-state index in [1.807, 2.05) is 12.1 Å². The summed E-state index contributed by atoms with van der Waals surface area (Å²) in [6.07, 6.45) is 0. The van der Waals surface area contributed by atoms with E-state index in [1.54, 1.807) is 18.2 Å². The zero-order valence-electron chi connectivity index (χ0n) is 10.2. The van der Waals surface area contributed by atoms with Gasteiger partial charge in [0.2, 0.25) is 0 Å². The molecule has 1 N–H and O–H groups in total. The highest BCUT2D eigenvalue weighted by Crippen LogP contribution is 2.24. The molecule has 0 radical (unpaired) electrons. The predicted octanol–water partition coefficient (Wildman–Crippen LogP) is 4.59. The van der Waals surface area contributed by atoms with Gasteiger partial charge in [-0.15, -0.1) is 0 Å². The van der Waals surface area contributed by atoms with Crippen molar-refractivity contribution in [2.45, 2.75) is 0 Å². The Morgan fingerprint density at radius 1 is 1.15 bits per heavy atom. The molecule has 0 aliphatic rings. The number of nitrogens with one attached hydrogen (secondary N) is 1. The summed E-state index contributed by atoms with van der Waals surface area (Å²) in [5.41, 5.74) is 1.00. The molecule has 1 heterocycles. The van der Waals surface area contributed by atoms with Crippen molar-refractivity contribution in [1.29, 1.82) is 0 Å². The van der Waals surface area contributed by atoms with E-state index in [2.05, 4.69) is 21.2 Å². The molecule has 3 nitrogen and oxygen atoms in total. The number of carbonyl (C=O) groups excluding carboxylic acids is 1. The molecule has 0 saturated heterocycles. The Labute approximate surface area is 122 Å². The lowest BCUT2D eigenvalue weighted by atomic mass is 10.2. The number of carbonyl (C=O) groups is 1. The van der Waals surface area contributed by atoms with Gasteiger partial charge in [-0.2, -0.15) is 0 Å². The van der Waals surface area contributed by atoms with E-state index in [0.717, 1.165) is 9.86 Å². The van der Waals surface area contributed by atoms with Crippen LogP contribution in [0.5, 0.6) is 0 Å². The van der Waals surface area contributed by atoms with Crippen LogP contribution in [0.15, 0.2) is 57.4 Å². The van der Waals surface area contributed by atoms with Gasteiger partial charge in [-0.05, 0) is 42.5 Å². The Bertz CT molecular complexity index is 797. The summed E-state index contributed by atoms with van der Waals surface area (Å²) < 4.78 is 19.4. The normalized spacial score (nSPS) is 10.7. The second kappa shape index (κ2) is 5.09. The minimum absolute atomic E-state index is 0.183. The van der Waals surface area contributed by atoms with E-state index in [9.17, 15) is 9.18 Å². The molecular formula is C15H9BrFNO2. The number of hydrogen-bond donors (Lipinski definition) is 1. The Hall–Kier alpha value is -2.14. The first-order valence-corrected chi connectivity index (χ1v) is 6.67. The molecule has 3 rings (SSSR count). The monoisotopic (exact) mass is 333 g/mol. The third kappa shape index (κ3) is 2.58. The second-order valence-corrected chi connectivity index (χ2v) is 5.17. The molecule has 0 aliphatic heterocycles. The summed E-state index contributed by atoms with van der Waals surface area (Å²) in [7, 11) is 0. The van der Waals surface area contributed by atoms with E-state index in [4.69, 9.17) is 4.42 Å². The van der Waals surface area contributed by atoms with Crippen molar-refractivity contribution in [3.63, 3.8) is 0 Å². The number of rotatable bonds is 2. The van der Waals surface area contributed by atoms with Gasteiger partial charge in [0.25, 0.3) is 5.91 Å². The van der Waals surface area contributed by atoms with Crippen molar-refractivity contribution in [1.82, 2.24) is 0 Å². The maximum absolute atomic E-state index is 13.1. The van der Waals surface area contributed by atoms with Gasteiger partial charge in [-0.3, -0.25) is 4.79 Å². The highest BCUT2D eigenvalue weighted by molar-refractivity contribution is 9.10. The topological polar surface area (TPSA) is 42.2 Å². The molecule has 0 aliphatic carbocycles. The number of furan rings is 1. The Morgan fingerprint density at radius 2 is 2.00 bits per heavy atom. The summed E-state index contributed by atoms with van der Waals surface area (Å²) >= 11 is 3.34. The van der Waals surface area contributed by atoms with Gasteiger partial charge < -0.3 is 9.73 Å². The van der Waals surface area contributed by atoms with E-state index < -0.39 is 11.7 Å². The lowest BCUT2D eigenvalue weighted by Gasteiger charge is -2.02. The molecular weight excluding hydrogens is 325 g/mol. The molecule has 0 saturated carbocycles. The van der Waals surface area contributed by atoms with Crippen molar-refractivity contribution in [3.8, 4) is 0 Å². The van der Waals surface area contributed by atoms with Crippen LogP contribution in [-0.2, 0) is 0 Å². The average Bonchev–Trinajstić information content (AvgIpc) is 2.81. The van der Waals surface area contributed by atoms with Crippen molar-refractivity contribution in [2.24, 2.45) is 0 Å². The van der Waals surface area contributed by atoms with Crippen LogP contribution in [0.1, 0.15) is 10.6 Å². The fourth-order valence-corrected chi connectivity index (χ4v) is 2.22. The summed E-state index contributed by atoms with van der Waals surface area (Å²) in [5, 5.41) is 3.42. The summed E-state index contributed by atoms with van der Waals surface area (Å²) in [6, 6.07) is 12.9. The molecule has 0 atom stereocenters. The average molecular weight is 334 g/mol. The van der Waals surface area contributed by atoms with Crippen LogP contribution in [0.25, 0.3) is 11.0 Å². The smallest absolute Gasteiger partial charge is 0.291 e. The minimum Gasteiger partial charge on any atom is -0.451 e. The minimum atomic E-state index is -0.414. The predicted molar refractivity (Wildman–Crippen MR) is 78.3 cm³/mol. The Kier molecular flexibility index (Phi) is 3.28. The largest absolute Gasteiger partial charge is 0.451 e. The van der Waals surface area contributed by atoms with Crippen LogP contribution in [0, 0.1) is 5.82 Å². The molecule has 1 amide bonds. The van der Waals surface area contributed by atoms with Gasteiger partial charge >= 0.3 is 0 Å². The summed E-state index contributed by atoms with van der Waals surface area (Å²) in [5.74, 6) is -0.637. The molecule has 3 aromatic rings. The lowest BCUT2D eigenvalue weighted by molar-refractivity contribution is 0.0998. The summed E-state index contributed by atoms with van der Waals surface area (Å²) in [4.78, 5) is 12.0. The number of benzene rings is 2. The number of hydrogen-bond acceptors (Lipinski definition) is 2. The number of fused-ring (bicyclic) bond motifs is 1. The van der Waals surface area contributed by atoms with Gasteiger partial charge in [-0.1, -0.05) is 22.0 Å². The lowest BCUT2D eigenvalue weighted by Crippen LogP contribution is -2.10.